The van der Waals surface area contributed by atoms with Crippen LogP contribution >= 0.6 is 0 Å². The van der Waals surface area contributed by atoms with E-state index in [4.69, 9.17) is 0 Å². The summed E-state index contributed by atoms with van der Waals surface area (Å²) in [6.07, 6.45) is 0. The number of benzene rings is 1. The molecule has 0 saturated carbocycles. The molecule has 0 saturated heterocycles. The van der Waals surface area contributed by atoms with Crippen LogP contribution in [-0.4, -0.2) is 12.5 Å². The number of nitrogens with one attached hydrogen (secondary N) is 1. The van der Waals surface area contributed by atoms with E-state index in [1.807, 2.05) is 5.32 Å². The monoisotopic (exact) mass is 265 g/mol. The summed E-state index contributed by atoms with van der Waals surface area (Å²) in [5.41, 5.74) is -1.06. The van der Waals surface area contributed by atoms with E-state index in [0.29, 0.717) is 5.57 Å². The van der Waals surface area contributed by atoms with Gasteiger partial charge in [0.05, 0.1) is 0 Å². The van der Waals surface area contributed by atoms with Crippen LogP contribution in [0.5, 0.6) is 0 Å². The lowest BCUT2D eigenvalue weighted by Crippen LogP contribution is -2.28. The SMILES string of the molecule is C=C(C)CNC(=O)c1c(F)c(F)c(F)c(F)c1F. The van der Waals surface area contributed by atoms with E-state index in [9.17, 15) is 26.7 Å². The molecule has 0 aliphatic carbocycles. The Hall–Kier alpha value is -1.92. The maximum atomic E-state index is 13.2. The average Bonchev–Trinajstić information content (AvgIpc) is 2.31. The first-order chi connectivity index (χ1) is 8.27. The molecule has 0 aliphatic rings. The molecule has 98 valence electrons. The summed E-state index contributed by atoms with van der Waals surface area (Å²) in [7, 11) is 0. The van der Waals surface area contributed by atoms with Gasteiger partial charge in [-0.3, -0.25) is 4.79 Å². The van der Waals surface area contributed by atoms with Gasteiger partial charge in [0.15, 0.2) is 23.3 Å². The quantitative estimate of drug-likeness (QED) is 0.387. The molecule has 0 aliphatic heterocycles. The predicted molar refractivity (Wildman–Crippen MR) is 53.4 cm³/mol. The molecule has 0 aromatic heterocycles. The van der Waals surface area contributed by atoms with Gasteiger partial charge in [-0.05, 0) is 6.92 Å². The van der Waals surface area contributed by atoms with Gasteiger partial charge in [-0.25, -0.2) is 22.0 Å². The van der Waals surface area contributed by atoms with Crippen molar-refractivity contribution >= 4 is 5.91 Å². The third-order valence-corrected chi connectivity index (χ3v) is 1.99. The number of amides is 1. The van der Waals surface area contributed by atoms with Crippen LogP contribution in [-0.2, 0) is 0 Å². The number of hydrogen-bond donors (Lipinski definition) is 1. The van der Waals surface area contributed by atoms with E-state index in [1.165, 1.54) is 6.92 Å². The molecule has 0 radical (unpaired) electrons. The van der Waals surface area contributed by atoms with Crippen LogP contribution < -0.4 is 5.32 Å². The number of halogens is 5. The van der Waals surface area contributed by atoms with Crippen LogP contribution in [0.2, 0.25) is 0 Å². The molecule has 7 heteroatoms. The van der Waals surface area contributed by atoms with Crippen molar-refractivity contribution in [2.45, 2.75) is 6.92 Å². The van der Waals surface area contributed by atoms with Crippen molar-refractivity contribution in [3.63, 3.8) is 0 Å². The Labute approximate surface area is 99.1 Å². The zero-order valence-electron chi connectivity index (χ0n) is 9.21. The first kappa shape index (κ1) is 14.1. The Morgan fingerprint density at radius 2 is 1.39 bits per heavy atom. The highest BCUT2D eigenvalue weighted by Gasteiger charge is 2.29. The standard InChI is InChI=1S/C11H8F5NO/c1-4(2)3-17-11(18)5-6(12)8(14)10(16)9(15)7(5)13/h1,3H2,2H3,(H,17,18). The fraction of sp³-hybridized carbons (Fsp3) is 0.182. The number of rotatable bonds is 3. The fourth-order valence-corrected chi connectivity index (χ4v) is 1.12. The van der Waals surface area contributed by atoms with Crippen molar-refractivity contribution in [3.05, 3.63) is 46.8 Å². The second kappa shape index (κ2) is 5.16. The second-order valence-electron chi connectivity index (χ2n) is 3.58. The van der Waals surface area contributed by atoms with Crippen molar-refractivity contribution in [1.82, 2.24) is 5.32 Å². The summed E-state index contributed by atoms with van der Waals surface area (Å²) >= 11 is 0. The van der Waals surface area contributed by atoms with Gasteiger partial charge in [0.2, 0.25) is 5.82 Å². The van der Waals surface area contributed by atoms with Gasteiger partial charge in [-0.1, -0.05) is 12.2 Å². The molecule has 1 amide bonds. The van der Waals surface area contributed by atoms with E-state index in [1.54, 1.807) is 0 Å². The number of carbonyl (C=O) groups is 1. The van der Waals surface area contributed by atoms with Crippen LogP contribution in [0.4, 0.5) is 22.0 Å². The van der Waals surface area contributed by atoms with Gasteiger partial charge in [0.25, 0.3) is 5.91 Å². The molecule has 0 unspecified atom stereocenters. The molecule has 1 aromatic carbocycles. The van der Waals surface area contributed by atoms with Crippen LogP contribution in [0.25, 0.3) is 0 Å². The third-order valence-electron chi connectivity index (χ3n) is 1.99. The molecule has 1 rings (SSSR count). The fourth-order valence-electron chi connectivity index (χ4n) is 1.12. The van der Waals surface area contributed by atoms with Crippen molar-refractivity contribution in [3.8, 4) is 0 Å². The van der Waals surface area contributed by atoms with E-state index in [-0.39, 0.29) is 6.54 Å². The van der Waals surface area contributed by atoms with E-state index < -0.39 is 40.6 Å². The summed E-state index contributed by atoms with van der Waals surface area (Å²) < 4.78 is 64.7. The smallest absolute Gasteiger partial charge is 0.257 e. The number of hydrogen-bond acceptors (Lipinski definition) is 1. The van der Waals surface area contributed by atoms with Gasteiger partial charge in [-0.2, -0.15) is 0 Å². The zero-order valence-corrected chi connectivity index (χ0v) is 9.21. The third kappa shape index (κ3) is 2.49. The molecular formula is C11H8F5NO. The Morgan fingerprint density at radius 1 is 1.00 bits per heavy atom. The van der Waals surface area contributed by atoms with E-state index in [2.05, 4.69) is 6.58 Å². The minimum absolute atomic E-state index is 0.141. The van der Waals surface area contributed by atoms with E-state index >= 15 is 0 Å². The lowest BCUT2D eigenvalue weighted by atomic mass is 10.1. The normalized spacial score (nSPS) is 10.3. The van der Waals surface area contributed by atoms with Crippen molar-refractivity contribution in [2.75, 3.05) is 6.54 Å². The molecule has 0 spiro atoms. The lowest BCUT2D eigenvalue weighted by Gasteiger charge is -2.08. The predicted octanol–water partition coefficient (Wildman–Crippen LogP) is 2.69. The Kier molecular flexibility index (Phi) is 4.05. The van der Waals surface area contributed by atoms with Crippen LogP contribution in [0, 0.1) is 29.1 Å². The molecule has 0 atom stereocenters. The second-order valence-corrected chi connectivity index (χ2v) is 3.58. The first-order valence-corrected chi connectivity index (χ1v) is 4.71. The van der Waals surface area contributed by atoms with Crippen molar-refractivity contribution < 1.29 is 26.7 Å². The summed E-state index contributed by atoms with van der Waals surface area (Å²) in [5, 5.41) is 1.98. The maximum absolute atomic E-state index is 13.2. The van der Waals surface area contributed by atoms with E-state index in [0.717, 1.165) is 0 Å². The van der Waals surface area contributed by atoms with Crippen molar-refractivity contribution in [2.24, 2.45) is 0 Å². The Morgan fingerprint density at radius 3 is 1.78 bits per heavy atom. The van der Waals surface area contributed by atoms with Crippen LogP contribution in [0.1, 0.15) is 17.3 Å². The average molecular weight is 265 g/mol. The largest absolute Gasteiger partial charge is 0.348 e. The molecule has 1 aromatic rings. The van der Waals surface area contributed by atoms with Crippen LogP contribution in [0.3, 0.4) is 0 Å². The summed E-state index contributed by atoms with van der Waals surface area (Å²) in [6, 6.07) is 0. The van der Waals surface area contributed by atoms with Gasteiger partial charge < -0.3 is 5.32 Å². The highest BCUT2D eigenvalue weighted by atomic mass is 19.2. The molecule has 1 N–H and O–H groups in total. The molecule has 0 fully saturated rings. The first-order valence-electron chi connectivity index (χ1n) is 4.71. The Bertz CT molecular complexity index is 498. The molecular weight excluding hydrogens is 257 g/mol. The highest BCUT2D eigenvalue weighted by Crippen LogP contribution is 2.22. The minimum atomic E-state index is -2.30. The summed E-state index contributed by atoms with van der Waals surface area (Å²) in [6.45, 7) is 4.78. The zero-order chi connectivity index (χ0) is 14.0. The molecule has 2 nitrogen and oxygen atoms in total. The molecule has 0 bridgehead atoms. The Balaban J connectivity index is 3.24. The van der Waals surface area contributed by atoms with Gasteiger partial charge >= 0.3 is 0 Å². The van der Waals surface area contributed by atoms with Gasteiger partial charge in [0, 0.05) is 6.54 Å². The van der Waals surface area contributed by atoms with Gasteiger partial charge in [-0.15, -0.1) is 0 Å². The lowest BCUT2D eigenvalue weighted by molar-refractivity contribution is 0.0945. The molecule has 0 heterocycles. The molecule has 18 heavy (non-hydrogen) atoms. The van der Waals surface area contributed by atoms with Crippen molar-refractivity contribution in [1.29, 1.82) is 0 Å². The topological polar surface area (TPSA) is 29.1 Å². The summed E-state index contributed by atoms with van der Waals surface area (Å²) in [5.74, 6) is -12.3. The minimum Gasteiger partial charge on any atom is -0.348 e. The van der Waals surface area contributed by atoms with Gasteiger partial charge in [0.1, 0.15) is 5.56 Å². The number of carbonyl (C=O) groups excluding carboxylic acids is 1. The van der Waals surface area contributed by atoms with Crippen LogP contribution in [0.15, 0.2) is 12.2 Å². The summed E-state index contributed by atoms with van der Waals surface area (Å²) in [4.78, 5) is 11.3. The highest BCUT2D eigenvalue weighted by molar-refractivity contribution is 5.95. The maximum Gasteiger partial charge on any atom is 0.257 e.